The van der Waals surface area contributed by atoms with Gasteiger partial charge in [-0.25, -0.2) is 5.01 Å². The largest absolute Gasteiger partial charge is 0.272 e. The third-order valence-corrected chi connectivity index (χ3v) is 5.03. The molecule has 2 aromatic rings. The van der Waals surface area contributed by atoms with Crippen LogP contribution >= 0.6 is 11.6 Å². The molecule has 0 saturated carbocycles. The Morgan fingerprint density at radius 1 is 1.11 bits per heavy atom. The lowest BCUT2D eigenvalue weighted by Crippen LogP contribution is -2.34. The Hall–Kier alpha value is -3.15. The molecule has 0 aliphatic carbocycles. The van der Waals surface area contributed by atoms with Gasteiger partial charge in [0.05, 0.1) is 24.6 Å². The first-order valence-electron chi connectivity index (χ1n) is 8.51. The quantitative estimate of drug-likeness (QED) is 0.787. The van der Waals surface area contributed by atoms with Crippen molar-refractivity contribution in [2.45, 2.75) is 19.4 Å². The molecule has 1 heterocycles. The van der Waals surface area contributed by atoms with E-state index in [1.807, 2.05) is 42.5 Å². The molecule has 5 nitrogen and oxygen atoms in total. The van der Waals surface area contributed by atoms with Gasteiger partial charge in [0.2, 0.25) is 0 Å². The molecule has 0 saturated heterocycles. The van der Waals surface area contributed by atoms with Crippen molar-refractivity contribution >= 4 is 23.2 Å². The number of nitrogens with zero attached hydrogens (tertiary/aromatic N) is 4. The number of rotatable bonds is 5. The zero-order chi connectivity index (χ0) is 19.4. The molecule has 0 bridgehead atoms. The number of hydrogen-bond donors (Lipinski definition) is 0. The second-order valence-corrected chi connectivity index (χ2v) is 6.79. The van der Waals surface area contributed by atoms with Gasteiger partial charge in [-0.2, -0.15) is 15.6 Å². The minimum atomic E-state index is -1.01. The van der Waals surface area contributed by atoms with Crippen LogP contribution in [0.4, 0.5) is 0 Å². The lowest BCUT2D eigenvalue weighted by atomic mass is 9.75. The van der Waals surface area contributed by atoms with E-state index < -0.39 is 17.8 Å². The van der Waals surface area contributed by atoms with Gasteiger partial charge in [-0.05, 0) is 24.1 Å². The lowest BCUT2D eigenvalue weighted by molar-refractivity contribution is -0.133. The predicted octanol–water partition coefficient (Wildman–Crippen LogP) is 4.12. The zero-order valence-corrected chi connectivity index (χ0v) is 15.5. The van der Waals surface area contributed by atoms with E-state index in [0.717, 1.165) is 5.56 Å². The van der Waals surface area contributed by atoms with Gasteiger partial charge in [0.25, 0.3) is 5.91 Å². The van der Waals surface area contributed by atoms with Crippen molar-refractivity contribution < 1.29 is 4.79 Å². The predicted molar refractivity (Wildman–Crippen MR) is 103 cm³/mol. The first kappa shape index (κ1) is 18.6. The summed E-state index contributed by atoms with van der Waals surface area (Å²) in [5.74, 6) is -2.61. The second kappa shape index (κ2) is 8.03. The summed E-state index contributed by atoms with van der Waals surface area (Å²) in [4.78, 5) is 13.1. The Kier molecular flexibility index (Phi) is 5.54. The maximum absolute atomic E-state index is 13.1. The minimum Gasteiger partial charge on any atom is -0.272 e. The number of nitriles is 2. The fourth-order valence-corrected chi connectivity index (χ4v) is 3.67. The molecular weight excluding hydrogens is 360 g/mol. The number of carbonyl (C=O) groups excluding carboxylic acids is 1. The summed E-state index contributed by atoms with van der Waals surface area (Å²) >= 11 is 6.33. The Morgan fingerprint density at radius 3 is 2.37 bits per heavy atom. The normalized spacial score (nSPS) is 17.4. The molecule has 0 radical (unpaired) electrons. The first-order chi connectivity index (χ1) is 13.1. The maximum atomic E-state index is 13.1. The van der Waals surface area contributed by atoms with E-state index in [2.05, 4.69) is 5.10 Å². The van der Waals surface area contributed by atoms with Crippen molar-refractivity contribution in [2.75, 3.05) is 0 Å². The highest BCUT2D eigenvalue weighted by molar-refractivity contribution is 6.31. The van der Waals surface area contributed by atoms with Crippen LogP contribution in [-0.2, 0) is 11.3 Å². The third kappa shape index (κ3) is 3.69. The Bertz CT molecular complexity index is 944. The fraction of sp³-hybridized carbons (Fsp3) is 0.238. The van der Waals surface area contributed by atoms with E-state index in [0.29, 0.717) is 22.8 Å². The Labute approximate surface area is 163 Å². The van der Waals surface area contributed by atoms with Crippen molar-refractivity contribution in [3.8, 4) is 12.1 Å². The molecule has 3 rings (SSSR count). The molecule has 0 fully saturated rings. The minimum absolute atomic E-state index is 0.225. The van der Waals surface area contributed by atoms with Crippen LogP contribution in [0.1, 0.15) is 24.0 Å². The first-order valence-corrected chi connectivity index (χ1v) is 8.88. The van der Waals surface area contributed by atoms with Gasteiger partial charge in [-0.1, -0.05) is 60.1 Å². The van der Waals surface area contributed by atoms with Crippen LogP contribution in [0.2, 0.25) is 5.02 Å². The van der Waals surface area contributed by atoms with Gasteiger partial charge in [0.1, 0.15) is 5.92 Å². The second-order valence-electron chi connectivity index (χ2n) is 6.38. The smallest absolute Gasteiger partial charge is 0.252 e. The summed E-state index contributed by atoms with van der Waals surface area (Å²) < 4.78 is 0. The van der Waals surface area contributed by atoms with Crippen LogP contribution < -0.4 is 0 Å². The monoisotopic (exact) mass is 376 g/mol. The summed E-state index contributed by atoms with van der Waals surface area (Å²) in [6.07, 6.45) is 0. The fourth-order valence-electron chi connectivity index (χ4n) is 3.41. The molecule has 1 aliphatic rings. The van der Waals surface area contributed by atoms with Crippen LogP contribution in [0.3, 0.4) is 0 Å². The molecule has 27 heavy (non-hydrogen) atoms. The number of hydrogen-bond acceptors (Lipinski definition) is 4. The van der Waals surface area contributed by atoms with Crippen molar-refractivity contribution in [3.63, 3.8) is 0 Å². The van der Waals surface area contributed by atoms with Gasteiger partial charge in [0, 0.05) is 16.7 Å². The highest BCUT2D eigenvalue weighted by atomic mass is 35.5. The summed E-state index contributed by atoms with van der Waals surface area (Å²) in [6.45, 7) is 2.09. The van der Waals surface area contributed by atoms with E-state index >= 15 is 0 Å². The van der Waals surface area contributed by atoms with Crippen molar-refractivity contribution in [1.82, 2.24) is 5.01 Å². The molecule has 1 aliphatic heterocycles. The molecule has 0 unspecified atom stereocenters. The highest BCUT2D eigenvalue weighted by Crippen LogP contribution is 2.40. The van der Waals surface area contributed by atoms with Crippen molar-refractivity contribution in [1.29, 1.82) is 10.5 Å². The van der Waals surface area contributed by atoms with Crippen LogP contribution in [-0.4, -0.2) is 16.6 Å². The number of amides is 1. The number of hydrazone groups is 1. The van der Waals surface area contributed by atoms with Crippen LogP contribution in [0, 0.1) is 34.5 Å². The van der Waals surface area contributed by atoms with E-state index in [4.69, 9.17) is 11.6 Å². The molecule has 2 aromatic carbocycles. The molecule has 134 valence electrons. The standard InChI is InChI=1S/C21H17ClN4O/c1-14-19(21(27)26(25-14)13-15-7-3-2-4-8-15)20(16(11-23)12-24)17-9-5-6-10-18(17)22/h2-10,16,19-20H,13H2,1H3/t19-,20-/m0/s1. The number of halogens is 1. The summed E-state index contributed by atoms with van der Waals surface area (Å²) in [6, 6.07) is 20.6. The molecule has 2 atom stereocenters. The van der Waals surface area contributed by atoms with E-state index in [1.54, 1.807) is 31.2 Å². The Morgan fingerprint density at radius 2 is 1.74 bits per heavy atom. The summed E-state index contributed by atoms with van der Waals surface area (Å²) in [5.41, 5.74) is 2.15. The van der Waals surface area contributed by atoms with E-state index in [1.165, 1.54) is 5.01 Å². The number of carbonyl (C=O) groups is 1. The van der Waals surface area contributed by atoms with Crippen LogP contribution in [0.15, 0.2) is 59.7 Å². The molecular formula is C21H17ClN4O. The van der Waals surface area contributed by atoms with E-state index in [-0.39, 0.29) is 5.91 Å². The Balaban J connectivity index is 1.97. The van der Waals surface area contributed by atoms with Gasteiger partial charge in [-0.3, -0.25) is 4.79 Å². The van der Waals surface area contributed by atoms with Crippen LogP contribution in [0.25, 0.3) is 0 Å². The van der Waals surface area contributed by atoms with Gasteiger partial charge in [0.15, 0.2) is 0 Å². The molecule has 1 amide bonds. The maximum Gasteiger partial charge on any atom is 0.252 e. The zero-order valence-electron chi connectivity index (χ0n) is 14.7. The van der Waals surface area contributed by atoms with Gasteiger partial charge < -0.3 is 0 Å². The molecule has 6 heteroatoms. The highest BCUT2D eigenvalue weighted by Gasteiger charge is 2.44. The lowest BCUT2D eigenvalue weighted by Gasteiger charge is -2.25. The molecule has 0 spiro atoms. The van der Waals surface area contributed by atoms with Crippen molar-refractivity contribution in [3.05, 3.63) is 70.7 Å². The number of benzene rings is 2. The average molecular weight is 377 g/mol. The average Bonchev–Trinajstić information content (AvgIpc) is 2.95. The van der Waals surface area contributed by atoms with Gasteiger partial charge in [-0.15, -0.1) is 0 Å². The summed E-state index contributed by atoms with van der Waals surface area (Å²) in [7, 11) is 0. The molecule has 0 aromatic heterocycles. The van der Waals surface area contributed by atoms with Crippen LogP contribution in [0.5, 0.6) is 0 Å². The summed E-state index contributed by atoms with van der Waals surface area (Å²) in [5, 5.41) is 25.3. The third-order valence-electron chi connectivity index (χ3n) is 4.68. The SMILES string of the molecule is CC1=NN(Cc2ccccc2)C(=O)[C@@H]1[C@H](c1ccccc1Cl)C(C#N)C#N. The van der Waals surface area contributed by atoms with E-state index in [9.17, 15) is 15.3 Å². The molecule has 0 N–H and O–H groups in total. The topological polar surface area (TPSA) is 80.2 Å². The van der Waals surface area contributed by atoms with Gasteiger partial charge >= 0.3 is 0 Å². The van der Waals surface area contributed by atoms with Crippen molar-refractivity contribution in [2.24, 2.45) is 16.9 Å².